The molecule has 0 radical (unpaired) electrons. The highest BCUT2D eigenvalue weighted by molar-refractivity contribution is 5.33. The van der Waals surface area contributed by atoms with Crippen LogP contribution < -0.4 is 10.1 Å². The number of hydrogen-bond acceptors (Lipinski definition) is 4. The lowest BCUT2D eigenvalue weighted by atomic mass is 9.92. The van der Waals surface area contributed by atoms with Gasteiger partial charge in [0.1, 0.15) is 12.4 Å². The van der Waals surface area contributed by atoms with Crippen molar-refractivity contribution in [2.24, 2.45) is 0 Å². The van der Waals surface area contributed by atoms with Gasteiger partial charge in [0.15, 0.2) is 0 Å². The van der Waals surface area contributed by atoms with Gasteiger partial charge in [-0.25, -0.2) is 0 Å². The maximum Gasteiger partial charge on any atom is 0.120 e. The fourth-order valence-corrected chi connectivity index (χ4v) is 3.24. The summed E-state index contributed by atoms with van der Waals surface area (Å²) < 4.78 is 5.86. The van der Waals surface area contributed by atoms with Gasteiger partial charge in [0, 0.05) is 12.6 Å². The predicted molar refractivity (Wildman–Crippen MR) is 97.0 cm³/mol. The van der Waals surface area contributed by atoms with Crippen LogP contribution >= 0.6 is 0 Å². The number of aliphatic hydroxyl groups is 1. The fraction of sp³-hybridized carbons (Fsp3) is 0.381. The number of nitrogens with zero attached hydrogens (tertiary/aromatic N) is 1. The SMILES string of the molecule is N#Cc1cccc(COc2cccc(CNC3CCCCC3O)c2)c1. The molecule has 1 aliphatic rings. The molecule has 1 saturated carbocycles. The largest absolute Gasteiger partial charge is 0.489 e. The average molecular weight is 336 g/mol. The Labute approximate surface area is 149 Å². The molecule has 0 spiro atoms. The molecule has 0 amide bonds. The lowest BCUT2D eigenvalue weighted by Crippen LogP contribution is -2.41. The summed E-state index contributed by atoms with van der Waals surface area (Å²) in [5.74, 6) is 0.811. The maximum absolute atomic E-state index is 10.0. The minimum Gasteiger partial charge on any atom is -0.489 e. The van der Waals surface area contributed by atoms with Gasteiger partial charge in [-0.05, 0) is 48.2 Å². The molecule has 1 fully saturated rings. The van der Waals surface area contributed by atoms with E-state index in [1.807, 2.05) is 36.4 Å². The summed E-state index contributed by atoms with van der Waals surface area (Å²) in [5, 5.41) is 22.5. The number of nitrogens with one attached hydrogen (secondary N) is 1. The van der Waals surface area contributed by atoms with Crippen LogP contribution in [0.4, 0.5) is 0 Å². The third-order valence-corrected chi connectivity index (χ3v) is 4.66. The normalized spacial score (nSPS) is 20.0. The molecular weight excluding hydrogens is 312 g/mol. The molecule has 2 aromatic carbocycles. The van der Waals surface area contributed by atoms with E-state index in [1.54, 1.807) is 6.07 Å². The molecule has 4 nitrogen and oxygen atoms in total. The molecule has 0 aromatic heterocycles. The Morgan fingerprint density at radius 3 is 2.72 bits per heavy atom. The Bertz CT molecular complexity index is 739. The van der Waals surface area contributed by atoms with E-state index < -0.39 is 0 Å². The van der Waals surface area contributed by atoms with Gasteiger partial charge >= 0.3 is 0 Å². The summed E-state index contributed by atoms with van der Waals surface area (Å²) in [7, 11) is 0. The van der Waals surface area contributed by atoms with Crippen molar-refractivity contribution in [3.05, 3.63) is 65.2 Å². The average Bonchev–Trinajstić information content (AvgIpc) is 2.66. The van der Waals surface area contributed by atoms with Gasteiger partial charge in [0.2, 0.25) is 0 Å². The van der Waals surface area contributed by atoms with E-state index in [0.717, 1.165) is 42.7 Å². The van der Waals surface area contributed by atoms with Crippen molar-refractivity contribution in [3.63, 3.8) is 0 Å². The number of nitriles is 1. The standard InChI is InChI=1S/C21H24N2O2/c22-13-16-5-3-7-18(11-16)15-25-19-8-4-6-17(12-19)14-23-20-9-1-2-10-21(20)24/h3-8,11-12,20-21,23-24H,1-2,9-10,14-15H2. The van der Waals surface area contributed by atoms with Crippen LogP contribution in [-0.4, -0.2) is 17.3 Å². The maximum atomic E-state index is 10.0. The number of ether oxygens (including phenoxy) is 1. The van der Waals surface area contributed by atoms with Gasteiger partial charge in [-0.15, -0.1) is 0 Å². The van der Waals surface area contributed by atoms with Crippen LogP contribution in [-0.2, 0) is 13.2 Å². The number of hydrogen-bond donors (Lipinski definition) is 2. The highest BCUT2D eigenvalue weighted by Crippen LogP contribution is 2.20. The van der Waals surface area contributed by atoms with Crippen LogP contribution in [0.5, 0.6) is 5.75 Å². The van der Waals surface area contributed by atoms with Gasteiger partial charge in [-0.2, -0.15) is 5.26 Å². The zero-order chi connectivity index (χ0) is 17.5. The highest BCUT2D eigenvalue weighted by atomic mass is 16.5. The molecule has 4 heteroatoms. The third kappa shape index (κ3) is 5.06. The molecule has 3 rings (SSSR count). The molecular formula is C21H24N2O2. The Morgan fingerprint density at radius 1 is 1.08 bits per heavy atom. The molecule has 1 aliphatic carbocycles. The zero-order valence-electron chi connectivity index (χ0n) is 14.3. The van der Waals surface area contributed by atoms with Gasteiger partial charge in [0.25, 0.3) is 0 Å². The van der Waals surface area contributed by atoms with Crippen molar-refractivity contribution in [3.8, 4) is 11.8 Å². The minimum atomic E-state index is -0.236. The van der Waals surface area contributed by atoms with Gasteiger partial charge in [-0.3, -0.25) is 0 Å². The number of rotatable bonds is 6. The van der Waals surface area contributed by atoms with E-state index in [2.05, 4.69) is 17.5 Å². The molecule has 2 aromatic rings. The Morgan fingerprint density at radius 2 is 1.88 bits per heavy atom. The van der Waals surface area contributed by atoms with Crippen molar-refractivity contribution in [1.29, 1.82) is 5.26 Å². The van der Waals surface area contributed by atoms with Crippen LogP contribution in [0.15, 0.2) is 48.5 Å². The Balaban J connectivity index is 1.55. The van der Waals surface area contributed by atoms with Gasteiger partial charge in [-0.1, -0.05) is 37.1 Å². The smallest absolute Gasteiger partial charge is 0.120 e. The topological polar surface area (TPSA) is 65.3 Å². The quantitative estimate of drug-likeness (QED) is 0.847. The molecule has 0 aliphatic heterocycles. The monoisotopic (exact) mass is 336 g/mol. The first-order valence-electron chi connectivity index (χ1n) is 8.87. The molecule has 0 heterocycles. The predicted octanol–water partition coefficient (Wildman–Crippen LogP) is 3.53. The van der Waals surface area contributed by atoms with Crippen molar-refractivity contribution >= 4 is 0 Å². The first-order valence-corrected chi connectivity index (χ1v) is 8.87. The van der Waals surface area contributed by atoms with Crippen LogP contribution in [0.25, 0.3) is 0 Å². The molecule has 2 atom stereocenters. The first kappa shape index (κ1) is 17.5. The Hall–Kier alpha value is -2.35. The fourth-order valence-electron chi connectivity index (χ4n) is 3.24. The molecule has 25 heavy (non-hydrogen) atoms. The molecule has 0 bridgehead atoms. The second-order valence-corrected chi connectivity index (χ2v) is 6.59. The van der Waals surface area contributed by atoms with Crippen LogP contribution in [0.2, 0.25) is 0 Å². The third-order valence-electron chi connectivity index (χ3n) is 4.66. The Kier molecular flexibility index (Phi) is 6.05. The number of aliphatic hydroxyl groups excluding tert-OH is 1. The summed E-state index contributed by atoms with van der Waals surface area (Å²) in [6.07, 6.45) is 3.99. The summed E-state index contributed by atoms with van der Waals surface area (Å²) in [4.78, 5) is 0. The second-order valence-electron chi connectivity index (χ2n) is 6.59. The van der Waals surface area contributed by atoms with Gasteiger partial charge in [0.05, 0.1) is 17.7 Å². The van der Waals surface area contributed by atoms with E-state index in [4.69, 9.17) is 10.00 Å². The van der Waals surface area contributed by atoms with Crippen LogP contribution in [0.1, 0.15) is 42.4 Å². The van der Waals surface area contributed by atoms with E-state index in [1.165, 1.54) is 6.42 Å². The van der Waals surface area contributed by atoms with Crippen molar-refractivity contribution in [2.75, 3.05) is 0 Å². The van der Waals surface area contributed by atoms with Crippen molar-refractivity contribution in [1.82, 2.24) is 5.32 Å². The molecule has 130 valence electrons. The minimum absolute atomic E-state index is 0.187. The summed E-state index contributed by atoms with van der Waals surface area (Å²) >= 11 is 0. The van der Waals surface area contributed by atoms with Gasteiger partial charge < -0.3 is 15.2 Å². The number of benzene rings is 2. The summed E-state index contributed by atoms with van der Waals surface area (Å²) in [6.45, 7) is 1.16. The zero-order valence-corrected chi connectivity index (χ0v) is 14.3. The molecule has 0 saturated heterocycles. The van der Waals surface area contributed by atoms with E-state index in [0.29, 0.717) is 12.2 Å². The van der Waals surface area contributed by atoms with Crippen molar-refractivity contribution < 1.29 is 9.84 Å². The first-order chi connectivity index (χ1) is 12.2. The van der Waals surface area contributed by atoms with E-state index in [-0.39, 0.29) is 12.1 Å². The van der Waals surface area contributed by atoms with Crippen molar-refractivity contribution in [2.45, 2.75) is 51.0 Å². The van der Waals surface area contributed by atoms with Crippen LogP contribution in [0, 0.1) is 11.3 Å². The lowest BCUT2D eigenvalue weighted by Gasteiger charge is -2.28. The van der Waals surface area contributed by atoms with E-state index >= 15 is 0 Å². The molecule has 2 unspecified atom stereocenters. The lowest BCUT2D eigenvalue weighted by molar-refractivity contribution is 0.0902. The second kappa shape index (κ2) is 8.66. The summed E-state index contributed by atoms with van der Waals surface area (Å²) in [6, 6.07) is 17.8. The highest BCUT2D eigenvalue weighted by Gasteiger charge is 2.22. The van der Waals surface area contributed by atoms with Crippen LogP contribution in [0.3, 0.4) is 0 Å². The molecule has 2 N–H and O–H groups in total. The van der Waals surface area contributed by atoms with E-state index in [9.17, 15) is 5.11 Å². The summed E-state index contributed by atoms with van der Waals surface area (Å²) in [5.41, 5.74) is 2.76.